The highest BCUT2D eigenvalue weighted by Crippen LogP contribution is 2.13. The molecule has 0 aliphatic heterocycles. The van der Waals surface area contributed by atoms with E-state index in [1.54, 1.807) is 0 Å². The standard InChI is InChI=1S/C16H28O4/c1-11(2)7-14(16(18)20-10-13(5)6)8-15(17)19-9-12(3)4/h8,11-13H,7,9-10H2,1-6H3. The van der Waals surface area contributed by atoms with Crippen LogP contribution in [0.5, 0.6) is 0 Å². The van der Waals surface area contributed by atoms with Crippen LogP contribution >= 0.6 is 0 Å². The van der Waals surface area contributed by atoms with Crippen molar-refractivity contribution >= 4 is 11.9 Å². The Labute approximate surface area is 122 Å². The van der Waals surface area contributed by atoms with Crippen molar-refractivity contribution in [1.29, 1.82) is 0 Å². The zero-order valence-corrected chi connectivity index (χ0v) is 13.6. The number of carbonyl (C=O) groups is 2. The lowest BCUT2D eigenvalue weighted by molar-refractivity contribution is -0.142. The molecule has 0 saturated heterocycles. The molecular formula is C16H28O4. The van der Waals surface area contributed by atoms with Gasteiger partial charge in [0.05, 0.1) is 13.2 Å². The van der Waals surface area contributed by atoms with Crippen LogP contribution in [0.1, 0.15) is 48.0 Å². The summed E-state index contributed by atoms with van der Waals surface area (Å²) in [5.74, 6) is -0.0866. The summed E-state index contributed by atoms with van der Waals surface area (Å²) in [6.07, 6.45) is 1.78. The van der Waals surface area contributed by atoms with E-state index >= 15 is 0 Å². The molecule has 0 bridgehead atoms. The summed E-state index contributed by atoms with van der Waals surface area (Å²) in [6, 6.07) is 0. The highest BCUT2D eigenvalue weighted by Gasteiger charge is 2.16. The van der Waals surface area contributed by atoms with Crippen molar-refractivity contribution < 1.29 is 19.1 Å². The first-order valence-electron chi connectivity index (χ1n) is 7.26. The summed E-state index contributed by atoms with van der Waals surface area (Å²) < 4.78 is 10.2. The Morgan fingerprint density at radius 3 is 1.80 bits per heavy atom. The quantitative estimate of drug-likeness (QED) is 0.506. The van der Waals surface area contributed by atoms with Gasteiger partial charge in [0.2, 0.25) is 0 Å². The summed E-state index contributed by atoms with van der Waals surface area (Å²) in [4.78, 5) is 23.6. The van der Waals surface area contributed by atoms with Gasteiger partial charge in [-0.1, -0.05) is 41.5 Å². The third-order valence-corrected chi connectivity index (χ3v) is 2.29. The minimum absolute atomic E-state index is 0.269. The van der Waals surface area contributed by atoms with Gasteiger partial charge in [0, 0.05) is 11.6 Å². The maximum atomic E-state index is 12.0. The number of carbonyl (C=O) groups excluding carboxylic acids is 2. The molecule has 20 heavy (non-hydrogen) atoms. The fourth-order valence-electron chi connectivity index (χ4n) is 1.41. The highest BCUT2D eigenvalue weighted by molar-refractivity contribution is 5.96. The van der Waals surface area contributed by atoms with Crippen molar-refractivity contribution in [2.45, 2.75) is 48.0 Å². The predicted octanol–water partition coefficient (Wildman–Crippen LogP) is 3.36. The molecule has 0 fully saturated rings. The SMILES string of the molecule is CC(C)COC(=O)C=C(CC(C)C)C(=O)OCC(C)C. The fourth-order valence-corrected chi connectivity index (χ4v) is 1.41. The van der Waals surface area contributed by atoms with Crippen LogP contribution in [0.15, 0.2) is 11.6 Å². The third-order valence-electron chi connectivity index (χ3n) is 2.29. The van der Waals surface area contributed by atoms with E-state index in [1.807, 2.05) is 41.5 Å². The van der Waals surface area contributed by atoms with Gasteiger partial charge in [-0.2, -0.15) is 0 Å². The zero-order valence-electron chi connectivity index (χ0n) is 13.6. The van der Waals surface area contributed by atoms with Crippen molar-refractivity contribution in [3.8, 4) is 0 Å². The van der Waals surface area contributed by atoms with Crippen molar-refractivity contribution in [3.63, 3.8) is 0 Å². The lowest BCUT2D eigenvalue weighted by atomic mass is 10.0. The molecule has 4 heteroatoms. The zero-order chi connectivity index (χ0) is 15.7. The molecule has 0 rings (SSSR count). The third kappa shape index (κ3) is 9.59. The van der Waals surface area contributed by atoms with Crippen LogP contribution in [-0.2, 0) is 19.1 Å². The summed E-state index contributed by atoms with van der Waals surface area (Å²) in [5, 5.41) is 0. The average molecular weight is 284 g/mol. The van der Waals surface area contributed by atoms with Gasteiger partial charge in [0.1, 0.15) is 0 Å². The molecule has 0 aromatic carbocycles. The van der Waals surface area contributed by atoms with Crippen molar-refractivity contribution in [2.24, 2.45) is 17.8 Å². The molecule has 0 heterocycles. The van der Waals surface area contributed by atoms with Crippen LogP contribution in [0.25, 0.3) is 0 Å². The van der Waals surface area contributed by atoms with Crippen molar-refractivity contribution in [2.75, 3.05) is 13.2 Å². The van der Waals surface area contributed by atoms with E-state index in [4.69, 9.17) is 9.47 Å². The number of esters is 2. The first-order chi connectivity index (χ1) is 9.22. The predicted molar refractivity (Wildman–Crippen MR) is 79.1 cm³/mol. The molecule has 0 aliphatic carbocycles. The van der Waals surface area contributed by atoms with E-state index in [0.717, 1.165) is 0 Å². The normalized spacial score (nSPS) is 12.2. The van der Waals surface area contributed by atoms with Gasteiger partial charge in [-0.15, -0.1) is 0 Å². The second-order valence-corrected chi connectivity index (χ2v) is 6.28. The van der Waals surface area contributed by atoms with E-state index in [2.05, 4.69) is 0 Å². The first kappa shape index (κ1) is 18.7. The maximum Gasteiger partial charge on any atom is 0.334 e. The van der Waals surface area contributed by atoms with E-state index in [9.17, 15) is 9.59 Å². The molecule has 0 aromatic rings. The Hall–Kier alpha value is -1.32. The van der Waals surface area contributed by atoms with Gasteiger partial charge in [-0.25, -0.2) is 9.59 Å². The van der Waals surface area contributed by atoms with Crippen LogP contribution in [0.4, 0.5) is 0 Å². The monoisotopic (exact) mass is 284 g/mol. The van der Waals surface area contributed by atoms with Gasteiger partial charge in [0.25, 0.3) is 0 Å². The summed E-state index contributed by atoms with van der Waals surface area (Å²) in [6.45, 7) is 12.5. The van der Waals surface area contributed by atoms with Gasteiger partial charge in [0.15, 0.2) is 0 Å². The summed E-state index contributed by atoms with van der Waals surface area (Å²) in [5.41, 5.74) is 0.384. The van der Waals surface area contributed by atoms with Crippen molar-refractivity contribution in [3.05, 3.63) is 11.6 Å². The minimum atomic E-state index is -0.476. The average Bonchev–Trinajstić information content (AvgIpc) is 2.32. The molecule has 0 saturated carbocycles. The van der Waals surface area contributed by atoms with E-state index in [1.165, 1.54) is 6.08 Å². The Morgan fingerprint density at radius 1 is 0.850 bits per heavy atom. The van der Waals surface area contributed by atoms with Crippen molar-refractivity contribution in [1.82, 2.24) is 0 Å². The molecule has 0 aromatic heterocycles. The number of rotatable bonds is 8. The maximum absolute atomic E-state index is 12.0. The van der Waals surface area contributed by atoms with E-state index in [-0.39, 0.29) is 17.8 Å². The number of hydrogen-bond acceptors (Lipinski definition) is 4. The molecule has 0 aliphatic rings. The Morgan fingerprint density at radius 2 is 1.35 bits per heavy atom. The molecule has 0 atom stereocenters. The lowest BCUT2D eigenvalue weighted by Gasteiger charge is -2.12. The largest absolute Gasteiger partial charge is 0.462 e. The van der Waals surface area contributed by atoms with Crippen LogP contribution in [-0.4, -0.2) is 25.2 Å². The Balaban J connectivity index is 4.68. The first-order valence-corrected chi connectivity index (χ1v) is 7.26. The fraction of sp³-hybridized carbons (Fsp3) is 0.750. The smallest absolute Gasteiger partial charge is 0.334 e. The Bertz CT molecular complexity index is 340. The molecule has 0 amide bonds. The lowest BCUT2D eigenvalue weighted by Crippen LogP contribution is -2.16. The minimum Gasteiger partial charge on any atom is -0.462 e. The molecule has 116 valence electrons. The Kier molecular flexibility index (Phi) is 8.93. The molecule has 0 N–H and O–H groups in total. The molecule has 0 spiro atoms. The van der Waals surface area contributed by atoms with E-state index < -0.39 is 11.9 Å². The molecule has 4 nitrogen and oxygen atoms in total. The molecule has 0 unspecified atom stereocenters. The number of hydrogen-bond donors (Lipinski definition) is 0. The van der Waals surface area contributed by atoms with Crippen LogP contribution < -0.4 is 0 Å². The second-order valence-electron chi connectivity index (χ2n) is 6.28. The van der Waals surface area contributed by atoms with Gasteiger partial charge in [-0.05, 0) is 24.2 Å². The topological polar surface area (TPSA) is 52.6 Å². The van der Waals surface area contributed by atoms with Crippen LogP contribution in [0.2, 0.25) is 0 Å². The van der Waals surface area contributed by atoms with Gasteiger partial charge < -0.3 is 9.47 Å². The second kappa shape index (κ2) is 9.56. The van der Waals surface area contributed by atoms with Gasteiger partial charge in [-0.3, -0.25) is 0 Å². The summed E-state index contributed by atoms with van der Waals surface area (Å²) in [7, 11) is 0. The molecule has 0 radical (unpaired) electrons. The van der Waals surface area contributed by atoms with Gasteiger partial charge >= 0.3 is 11.9 Å². The highest BCUT2D eigenvalue weighted by atomic mass is 16.5. The summed E-state index contributed by atoms with van der Waals surface area (Å²) >= 11 is 0. The van der Waals surface area contributed by atoms with E-state index in [0.29, 0.717) is 25.2 Å². The number of ether oxygens (including phenoxy) is 2. The van der Waals surface area contributed by atoms with Crippen LogP contribution in [0.3, 0.4) is 0 Å². The molecular weight excluding hydrogens is 256 g/mol. The van der Waals surface area contributed by atoms with Crippen LogP contribution in [0, 0.1) is 17.8 Å².